The number of carbonyl (C=O) groups excluding carboxylic acids is 2. The van der Waals surface area contributed by atoms with Crippen LogP contribution >= 0.6 is 11.6 Å². The van der Waals surface area contributed by atoms with Gasteiger partial charge in [-0.05, 0) is 44.5 Å². The number of nitrogens with zero attached hydrogens (tertiary/aromatic N) is 1. The third-order valence-electron chi connectivity index (χ3n) is 3.82. The number of urea groups is 1. The average Bonchev–Trinajstić information content (AvgIpc) is 2.56. The summed E-state index contributed by atoms with van der Waals surface area (Å²) in [5.74, 6) is -0.0689. The normalized spacial score (nSPS) is 10.9. The van der Waals surface area contributed by atoms with Crippen molar-refractivity contribution in [2.45, 2.75) is 26.3 Å². The van der Waals surface area contributed by atoms with E-state index in [1.807, 2.05) is 0 Å². The smallest absolute Gasteiger partial charge is 0.319 e. The molecule has 0 aromatic heterocycles. The van der Waals surface area contributed by atoms with E-state index in [0.717, 1.165) is 5.56 Å². The molecule has 0 radical (unpaired) electrons. The lowest BCUT2D eigenvalue weighted by Gasteiger charge is -2.27. The molecule has 0 unspecified atom stereocenters. The Hall–Kier alpha value is -2.93. The van der Waals surface area contributed by atoms with Crippen LogP contribution in [0, 0.1) is 10.1 Å². The molecule has 2 N–H and O–H groups in total. The lowest BCUT2D eigenvalue weighted by atomic mass is 9.92. The maximum atomic E-state index is 12.3. The second-order valence-corrected chi connectivity index (χ2v) is 6.67. The molecule has 2 rings (SSSR count). The monoisotopic (exact) mass is 375 g/mol. The maximum Gasteiger partial charge on any atom is 0.319 e. The van der Waals surface area contributed by atoms with Gasteiger partial charge in [-0.2, -0.15) is 0 Å². The molecular weight excluding hydrogens is 358 g/mol. The first-order chi connectivity index (χ1) is 12.1. The number of hydrogen-bond acceptors (Lipinski definition) is 4. The Balaban J connectivity index is 2.16. The highest BCUT2D eigenvalue weighted by molar-refractivity contribution is 6.32. The summed E-state index contributed by atoms with van der Waals surface area (Å²) in [5, 5.41) is 16.2. The first-order valence-corrected chi connectivity index (χ1v) is 8.12. The van der Waals surface area contributed by atoms with Crippen LogP contribution in [0.25, 0.3) is 0 Å². The minimum absolute atomic E-state index is 0.0117. The van der Waals surface area contributed by atoms with E-state index in [4.69, 9.17) is 11.6 Å². The number of anilines is 1. The van der Waals surface area contributed by atoms with Gasteiger partial charge in [-0.3, -0.25) is 14.9 Å². The van der Waals surface area contributed by atoms with Gasteiger partial charge in [-0.1, -0.05) is 29.8 Å². The highest BCUT2D eigenvalue weighted by atomic mass is 35.5. The van der Waals surface area contributed by atoms with Crippen LogP contribution in [-0.2, 0) is 5.54 Å². The van der Waals surface area contributed by atoms with Gasteiger partial charge < -0.3 is 10.6 Å². The number of amides is 2. The Bertz CT molecular complexity index is 880. The zero-order valence-corrected chi connectivity index (χ0v) is 15.3. The van der Waals surface area contributed by atoms with Gasteiger partial charge in [0.2, 0.25) is 0 Å². The van der Waals surface area contributed by atoms with Crippen LogP contribution in [0.1, 0.15) is 36.7 Å². The molecule has 0 fully saturated rings. The third-order valence-corrected chi connectivity index (χ3v) is 4.14. The molecule has 26 heavy (non-hydrogen) atoms. The zero-order chi connectivity index (χ0) is 19.5. The number of ketones is 1. The molecule has 8 heteroatoms. The minimum atomic E-state index is -0.770. The molecule has 136 valence electrons. The lowest BCUT2D eigenvalue weighted by molar-refractivity contribution is -0.384. The van der Waals surface area contributed by atoms with Crippen LogP contribution in [0.3, 0.4) is 0 Å². The van der Waals surface area contributed by atoms with Crippen LogP contribution in [0.5, 0.6) is 0 Å². The highest BCUT2D eigenvalue weighted by Crippen LogP contribution is 2.27. The third kappa shape index (κ3) is 4.58. The number of nitro benzene ring substituents is 1. The van der Waals surface area contributed by atoms with Crippen molar-refractivity contribution in [2.24, 2.45) is 0 Å². The summed E-state index contributed by atoms with van der Waals surface area (Å²) in [5.41, 5.74) is 0.479. The predicted octanol–water partition coefficient (Wildman–Crippen LogP) is 4.51. The van der Waals surface area contributed by atoms with E-state index in [9.17, 15) is 19.7 Å². The topological polar surface area (TPSA) is 101 Å². The van der Waals surface area contributed by atoms with Gasteiger partial charge in [-0.25, -0.2) is 4.79 Å². The fourth-order valence-corrected chi connectivity index (χ4v) is 2.56. The van der Waals surface area contributed by atoms with Gasteiger partial charge in [0.1, 0.15) is 5.02 Å². The number of carbonyl (C=O) groups is 2. The largest absolute Gasteiger partial charge is 0.329 e. The van der Waals surface area contributed by atoms with E-state index >= 15 is 0 Å². The standard InChI is InChI=1S/C18H18ClN3O4/c1-11(23)12-5-4-6-13(9-12)18(2,3)21-17(24)20-14-7-8-15(19)16(10-14)22(25)26/h4-10H,1-3H3,(H2,20,21,24). The Morgan fingerprint density at radius 2 is 1.85 bits per heavy atom. The highest BCUT2D eigenvalue weighted by Gasteiger charge is 2.24. The van der Waals surface area contributed by atoms with E-state index in [1.165, 1.54) is 25.1 Å². The van der Waals surface area contributed by atoms with Crippen molar-refractivity contribution >= 4 is 34.8 Å². The summed E-state index contributed by atoms with van der Waals surface area (Å²) < 4.78 is 0. The molecule has 0 heterocycles. The lowest BCUT2D eigenvalue weighted by Crippen LogP contribution is -2.43. The van der Waals surface area contributed by atoms with Crippen LogP contribution < -0.4 is 10.6 Å². The van der Waals surface area contributed by atoms with Gasteiger partial charge in [-0.15, -0.1) is 0 Å². The van der Waals surface area contributed by atoms with E-state index in [1.54, 1.807) is 38.1 Å². The Labute approximate surface area is 155 Å². The molecule has 0 saturated carbocycles. The summed E-state index contributed by atoms with van der Waals surface area (Å²) in [4.78, 5) is 34.1. The molecule has 0 atom stereocenters. The van der Waals surface area contributed by atoms with Crippen LogP contribution in [0.4, 0.5) is 16.2 Å². The minimum Gasteiger partial charge on any atom is -0.329 e. The number of nitro groups is 1. The van der Waals surface area contributed by atoms with Gasteiger partial charge in [0.05, 0.1) is 10.5 Å². The van der Waals surface area contributed by atoms with Gasteiger partial charge in [0.15, 0.2) is 5.78 Å². The van der Waals surface area contributed by atoms with Crippen molar-refractivity contribution in [1.82, 2.24) is 5.32 Å². The first kappa shape index (κ1) is 19.4. The number of nitrogens with one attached hydrogen (secondary N) is 2. The Morgan fingerprint density at radius 3 is 2.46 bits per heavy atom. The van der Waals surface area contributed by atoms with Crippen LogP contribution in [0.15, 0.2) is 42.5 Å². The molecule has 7 nitrogen and oxygen atoms in total. The second kappa shape index (κ2) is 7.53. The summed E-state index contributed by atoms with van der Waals surface area (Å²) in [6.45, 7) is 5.05. The van der Waals surface area contributed by atoms with Crippen LogP contribution in [0.2, 0.25) is 5.02 Å². The van der Waals surface area contributed by atoms with Crippen molar-refractivity contribution in [1.29, 1.82) is 0 Å². The van der Waals surface area contributed by atoms with E-state index < -0.39 is 16.5 Å². The number of benzene rings is 2. The average molecular weight is 376 g/mol. The van der Waals surface area contributed by atoms with Crippen molar-refractivity contribution in [3.05, 3.63) is 68.7 Å². The number of halogens is 1. The molecule has 0 aliphatic carbocycles. The predicted molar refractivity (Wildman–Crippen MR) is 99.7 cm³/mol. The molecule has 0 saturated heterocycles. The quantitative estimate of drug-likeness (QED) is 0.456. The Kier molecular flexibility index (Phi) is 5.62. The number of hydrogen-bond donors (Lipinski definition) is 2. The molecular formula is C18H18ClN3O4. The summed E-state index contributed by atoms with van der Waals surface area (Å²) in [6, 6.07) is 10.4. The fourth-order valence-electron chi connectivity index (χ4n) is 2.38. The first-order valence-electron chi connectivity index (χ1n) is 7.75. The summed E-state index contributed by atoms with van der Waals surface area (Å²) in [6.07, 6.45) is 0. The summed E-state index contributed by atoms with van der Waals surface area (Å²) in [7, 11) is 0. The summed E-state index contributed by atoms with van der Waals surface area (Å²) >= 11 is 5.76. The molecule has 2 amide bonds. The van der Waals surface area contributed by atoms with Crippen molar-refractivity contribution in [3.63, 3.8) is 0 Å². The van der Waals surface area contributed by atoms with Gasteiger partial charge in [0, 0.05) is 17.3 Å². The van der Waals surface area contributed by atoms with Crippen molar-refractivity contribution in [3.8, 4) is 0 Å². The van der Waals surface area contributed by atoms with E-state index in [2.05, 4.69) is 10.6 Å². The maximum absolute atomic E-state index is 12.3. The molecule has 2 aromatic rings. The van der Waals surface area contributed by atoms with Crippen LogP contribution in [-0.4, -0.2) is 16.7 Å². The van der Waals surface area contributed by atoms with E-state index in [0.29, 0.717) is 5.56 Å². The molecule has 2 aromatic carbocycles. The van der Waals surface area contributed by atoms with Gasteiger partial charge in [0.25, 0.3) is 5.69 Å². The van der Waals surface area contributed by atoms with Gasteiger partial charge >= 0.3 is 6.03 Å². The molecule has 0 spiro atoms. The second-order valence-electron chi connectivity index (χ2n) is 6.26. The Morgan fingerprint density at radius 1 is 1.15 bits per heavy atom. The zero-order valence-electron chi connectivity index (χ0n) is 14.5. The van der Waals surface area contributed by atoms with Crippen molar-refractivity contribution in [2.75, 3.05) is 5.32 Å². The van der Waals surface area contributed by atoms with Crippen molar-refractivity contribution < 1.29 is 14.5 Å². The molecule has 0 aliphatic heterocycles. The fraction of sp³-hybridized carbons (Fsp3) is 0.222. The number of Topliss-reactive ketones (excluding diaryl/α,β-unsaturated/α-hetero) is 1. The SMILES string of the molecule is CC(=O)c1cccc(C(C)(C)NC(=O)Nc2ccc(Cl)c([N+](=O)[O-])c2)c1. The van der Waals surface area contributed by atoms with E-state index in [-0.39, 0.29) is 22.2 Å². The molecule has 0 bridgehead atoms. The number of rotatable bonds is 5. The molecule has 0 aliphatic rings.